The Morgan fingerprint density at radius 3 is 2.67 bits per heavy atom. The van der Waals surface area contributed by atoms with Crippen molar-refractivity contribution in [3.63, 3.8) is 0 Å². The van der Waals surface area contributed by atoms with Crippen LogP contribution in [-0.4, -0.2) is 26.2 Å². The van der Waals surface area contributed by atoms with E-state index in [-0.39, 0.29) is 5.43 Å². The fourth-order valence-corrected chi connectivity index (χ4v) is 2.91. The van der Waals surface area contributed by atoms with Crippen molar-refractivity contribution >= 4 is 27.6 Å². The number of rotatable bonds is 1. The number of nitrogens with one attached hydrogen (secondary N) is 1. The van der Waals surface area contributed by atoms with Gasteiger partial charge in [-0.25, -0.2) is 0 Å². The van der Waals surface area contributed by atoms with Gasteiger partial charge in [-0.15, -0.1) is 0 Å². The molecule has 0 aliphatic carbocycles. The minimum Gasteiger partial charge on any atom is -0.440 e. The molecule has 0 saturated carbocycles. The van der Waals surface area contributed by atoms with Crippen molar-refractivity contribution in [2.45, 2.75) is 0 Å². The van der Waals surface area contributed by atoms with E-state index in [0.29, 0.717) is 16.9 Å². The molecule has 2 heterocycles. The van der Waals surface area contributed by atoms with Crippen LogP contribution in [0.25, 0.3) is 21.7 Å². The van der Waals surface area contributed by atoms with Crippen molar-refractivity contribution in [3.8, 4) is 0 Å². The maximum absolute atomic E-state index is 12.4. The minimum absolute atomic E-state index is 0.0236. The molecule has 0 amide bonds. The first kappa shape index (κ1) is 12.4. The lowest BCUT2D eigenvalue weighted by molar-refractivity contribution is 0.522. The SMILES string of the molecule is O=c1cc(N2CCNCC2)oc2c1ccc1ccccc12. The van der Waals surface area contributed by atoms with E-state index >= 15 is 0 Å². The highest BCUT2D eigenvalue weighted by atomic mass is 16.4. The molecule has 1 aliphatic rings. The summed E-state index contributed by atoms with van der Waals surface area (Å²) in [5.41, 5.74) is 0.713. The van der Waals surface area contributed by atoms with E-state index in [1.165, 1.54) is 0 Å². The molecule has 4 rings (SSSR count). The molecule has 2 aromatic carbocycles. The highest BCUT2D eigenvalue weighted by Crippen LogP contribution is 2.26. The van der Waals surface area contributed by atoms with Gasteiger partial charge in [0.25, 0.3) is 0 Å². The molecule has 0 radical (unpaired) electrons. The van der Waals surface area contributed by atoms with Crippen LogP contribution in [0.3, 0.4) is 0 Å². The van der Waals surface area contributed by atoms with Crippen molar-refractivity contribution < 1.29 is 4.42 Å². The van der Waals surface area contributed by atoms with Gasteiger partial charge in [-0.3, -0.25) is 4.79 Å². The summed E-state index contributed by atoms with van der Waals surface area (Å²) < 4.78 is 6.09. The average molecular weight is 280 g/mol. The number of nitrogens with zero attached hydrogens (tertiary/aromatic N) is 1. The third-order valence-corrected chi connectivity index (χ3v) is 4.03. The molecule has 3 aromatic rings. The van der Waals surface area contributed by atoms with Crippen molar-refractivity contribution in [2.75, 3.05) is 31.1 Å². The molecule has 0 atom stereocenters. The monoisotopic (exact) mass is 280 g/mol. The smallest absolute Gasteiger partial charge is 0.200 e. The molecule has 4 nitrogen and oxygen atoms in total. The number of hydrogen-bond donors (Lipinski definition) is 1. The minimum atomic E-state index is 0.0236. The molecule has 0 unspecified atom stereocenters. The average Bonchev–Trinajstić information content (AvgIpc) is 2.55. The largest absolute Gasteiger partial charge is 0.440 e. The quantitative estimate of drug-likeness (QED) is 0.695. The fraction of sp³-hybridized carbons (Fsp3) is 0.235. The standard InChI is InChI=1S/C17H16N2O2/c20-15-11-16(19-9-7-18-8-10-19)21-17-13-4-2-1-3-12(13)5-6-14(15)17/h1-6,11,18H,7-10H2. The normalized spacial score (nSPS) is 15.7. The Labute approximate surface area is 122 Å². The van der Waals surface area contributed by atoms with Gasteiger partial charge in [0.15, 0.2) is 11.3 Å². The topological polar surface area (TPSA) is 45.5 Å². The number of anilines is 1. The Morgan fingerprint density at radius 1 is 1.00 bits per heavy atom. The lowest BCUT2D eigenvalue weighted by Crippen LogP contribution is -2.43. The van der Waals surface area contributed by atoms with E-state index in [0.717, 1.165) is 37.0 Å². The Bertz CT molecular complexity index is 863. The van der Waals surface area contributed by atoms with Gasteiger partial charge in [-0.05, 0) is 11.5 Å². The molecule has 1 N–H and O–H groups in total. The van der Waals surface area contributed by atoms with Gasteiger partial charge < -0.3 is 14.6 Å². The summed E-state index contributed by atoms with van der Waals surface area (Å²) in [5.74, 6) is 0.672. The predicted molar refractivity (Wildman–Crippen MR) is 85.1 cm³/mol. The van der Waals surface area contributed by atoms with E-state index in [1.54, 1.807) is 6.07 Å². The van der Waals surface area contributed by atoms with Crippen molar-refractivity contribution in [1.82, 2.24) is 5.32 Å². The van der Waals surface area contributed by atoms with Gasteiger partial charge in [0, 0.05) is 37.6 Å². The molecule has 1 aliphatic heterocycles. The molecular formula is C17H16N2O2. The fourth-order valence-electron chi connectivity index (χ4n) is 2.91. The zero-order valence-electron chi connectivity index (χ0n) is 11.6. The van der Waals surface area contributed by atoms with Crippen LogP contribution < -0.4 is 15.6 Å². The third kappa shape index (κ3) is 2.08. The van der Waals surface area contributed by atoms with E-state index in [2.05, 4.69) is 10.2 Å². The molecule has 4 heteroatoms. The summed E-state index contributed by atoms with van der Waals surface area (Å²) in [7, 11) is 0. The van der Waals surface area contributed by atoms with Crippen LogP contribution in [0.5, 0.6) is 0 Å². The summed E-state index contributed by atoms with van der Waals surface area (Å²) in [4.78, 5) is 14.5. The zero-order valence-corrected chi connectivity index (χ0v) is 11.6. The number of piperazine rings is 1. The molecule has 0 spiro atoms. The van der Waals surface area contributed by atoms with Crippen LogP contribution in [0.15, 0.2) is 51.7 Å². The van der Waals surface area contributed by atoms with E-state index in [1.807, 2.05) is 36.4 Å². The summed E-state index contributed by atoms with van der Waals surface area (Å²) >= 11 is 0. The molecule has 21 heavy (non-hydrogen) atoms. The van der Waals surface area contributed by atoms with E-state index < -0.39 is 0 Å². The molecule has 1 aromatic heterocycles. The third-order valence-electron chi connectivity index (χ3n) is 4.03. The highest BCUT2D eigenvalue weighted by Gasteiger charge is 2.15. The summed E-state index contributed by atoms with van der Waals surface area (Å²) in [6.45, 7) is 3.55. The second-order valence-electron chi connectivity index (χ2n) is 5.35. The molecule has 106 valence electrons. The van der Waals surface area contributed by atoms with Gasteiger partial charge >= 0.3 is 0 Å². The first-order chi connectivity index (χ1) is 10.3. The van der Waals surface area contributed by atoms with Gasteiger partial charge in [-0.2, -0.15) is 0 Å². The van der Waals surface area contributed by atoms with Crippen LogP contribution in [0.1, 0.15) is 0 Å². The number of fused-ring (bicyclic) bond motifs is 3. The lowest BCUT2D eigenvalue weighted by Gasteiger charge is -2.27. The van der Waals surface area contributed by atoms with Gasteiger partial charge in [0.05, 0.1) is 5.39 Å². The van der Waals surface area contributed by atoms with Gasteiger partial charge in [0.2, 0.25) is 0 Å². The van der Waals surface area contributed by atoms with Crippen LogP contribution in [-0.2, 0) is 0 Å². The van der Waals surface area contributed by atoms with Crippen LogP contribution in [0.4, 0.5) is 5.88 Å². The number of hydrogen-bond acceptors (Lipinski definition) is 4. The summed E-state index contributed by atoms with van der Waals surface area (Å²) in [6.07, 6.45) is 0. The second-order valence-corrected chi connectivity index (χ2v) is 5.35. The predicted octanol–water partition coefficient (Wildman–Crippen LogP) is 2.36. The first-order valence-corrected chi connectivity index (χ1v) is 7.24. The second kappa shape index (κ2) is 4.90. The zero-order chi connectivity index (χ0) is 14.2. The van der Waals surface area contributed by atoms with Crippen LogP contribution in [0.2, 0.25) is 0 Å². The molecule has 1 fully saturated rings. The number of benzene rings is 2. The van der Waals surface area contributed by atoms with Crippen molar-refractivity contribution in [2.24, 2.45) is 0 Å². The Hall–Kier alpha value is -2.33. The van der Waals surface area contributed by atoms with E-state index in [4.69, 9.17) is 4.42 Å². The maximum atomic E-state index is 12.4. The summed E-state index contributed by atoms with van der Waals surface area (Å²) in [6, 6.07) is 13.4. The maximum Gasteiger partial charge on any atom is 0.200 e. The van der Waals surface area contributed by atoms with Crippen LogP contribution >= 0.6 is 0 Å². The molecule has 0 bridgehead atoms. The van der Waals surface area contributed by atoms with Gasteiger partial charge in [-0.1, -0.05) is 30.3 Å². The highest BCUT2D eigenvalue weighted by molar-refractivity contribution is 6.04. The Kier molecular flexibility index (Phi) is 2.89. The Morgan fingerprint density at radius 2 is 1.81 bits per heavy atom. The molecule has 1 saturated heterocycles. The van der Waals surface area contributed by atoms with Crippen molar-refractivity contribution in [1.29, 1.82) is 0 Å². The van der Waals surface area contributed by atoms with Crippen molar-refractivity contribution in [3.05, 3.63) is 52.7 Å². The Balaban J connectivity index is 1.98. The van der Waals surface area contributed by atoms with Crippen LogP contribution in [0, 0.1) is 0 Å². The van der Waals surface area contributed by atoms with Gasteiger partial charge in [0.1, 0.15) is 5.58 Å². The lowest BCUT2D eigenvalue weighted by atomic mass is 10.1. The molecular weight excluding hydrogens is 264 g/mol. The van der Waals surface area contributed by atoms with E-state index in [9.17, 15) is 4.79 Å². The summed E-state index contributed by atoms with van der Waals surface area (Å²) in [5, 5.41) is 6.03. The first-order valence-electron chi connectivity index (χ1n) is 7.24.